The molecule has 0 saturated carbocycles. The molecule has 0 aliphatic rings. The second-order valence-corrected chi connectivity index (χ2v) is 6.06. The Kier molecular flexibility index (Phi) is 4.53. The lowest BCUT2D eigenvalue weighted by molar-refractivity contribution is 0.686. The largest absolute Gasteiger partial charge is 0.312 e. The Balaban J connectivity index is 1.37. The smallest absolute Gasteiger partial charge is 0.100 e. The van der Waals surface area contributed by atoms with E-state index < -0.39 is 0 Å². The maximum Gasteiger partial charge on any atom is 0.100 e. The molecule has 0 aliphatic heterocycles. The molecule has 0 aliphatic carbocycles. The van der Waals surface area contributed by atoms with Crippen LogP contribution in [-0.4, -0.2) is 21.1 Å². The van der Waals surface area contributed by atoms with Crippen molar-refractivity contribution >= 4 is 11.0 Å². The van der Waals surface area contributed by atoms with Gasteiger partial charge in [0, 0.05) is 24.6 Å². The molecule has 0 amide bonds. The van der Waals surface area contributed by atoms with E-state index >= 15 is 0 Å². The van der Waals surface area contributed by atoms with Crippen LogP contribution >= 0.6 is 0 Å². The minimum Gasteiger partial charge on any atom is -0.312 e. The highest BCUT2D eigenvalue weighted by atomic mass is 15.0. The molecule has 4 rings (SSSR count). The van der Waals surface area contributed by atoms with Crippen LogP contribution in [0, 0.1) is 0 Å². The summed E-state index contributed by atoms with van der Waals surface area (Å²) in [5, 5.41) is 3.49. The number of para-hydroxylation sites is 2. The molecule has 0 fully saturated rings. The van der Waals surface area contributed by atoms with Gasteiger partial charge in [-0.2, -0.15) is 0 Å². The van der Waals surface area contributed by atoms with Crippen molar-refractivity contribution in [2.45, 2.75) is 13.0 Å². The molecule has 0 spiro atoms. The third kappa shape index (κ3) is 3.59. The summed E-state index contributed by atoms with van der Waals surface area (Å²) in [7, 11) is 0. The zero-order valence-corrected chi connectivity index (χ0v) is 14.0. The molecule has 4 nitrogen and oxygen atoms in total. The van der Waals surface area contributed by atoms with E-state index in [9.17, 15) is 0 Å². The molecule has 4 aromatic rings. The summed E-state index contributed by atoms with van der Waals surface area (Å²) in [6.45, 7) is 1.81. The summed E-state index contributed by atoms with van der Waals surface area (Å²) in [5.41, 5.74) is 5.82. The SMILES string of the molecule is c1cncc(CCNCc2ccc(-n3cnc4ccccc43)cc2)c1. The lowest BCUT2D eigenvalue weighted by atomic mass is 10.2. The summed E-state index contributed by atoms with van der Waals surface area (Å²) in [6.07, 6.45) is 6.60. The second-order valence-electron chi connectivity index (χ2n) is 6.06. The zero-order valence-electron chi connectivity index (χ0n) is 14.0. The third-order valence-electron chi connectivity index (χ3n) is 4.31. The molecule has 0 unspecified atom stereocenters. The zero-order chi connectivity index (χ0) is 16.9. The maximum atomic E-state index is 4.45. The topological polar surface area (TPSA) is 42.7 Å². The molecule has 0 saturated heterocycles. The van der Waals surface area contributed by atoms with Crippen LogP contribution in [0.15, 0.2) is 79.4 Å². The van der Waals surface area contributed by atoms with Crippen molar-refractivity contribution < 1.29 is 0 Å². The highest BCUT2D eigenvalue weighted by Crippen LogP contribution is 2.18. The summed E-state index contributed by atoms with van der Waals surface area (Å²) in [6, 6.07) is 20.9. The lowest BCUT2D eigenvalue weighted by Gasteiger charge is -2.08. The molecule has 124 valence electrons. The van der Waals surface area contributed by atoms with Gasteiger partial charge in [0.25, 0.3) is 0 Å². The summed E-state index contributed by atoms with van der Waals surface area (Å²) in [4.78, 5) is 8.59. The first-order valence-corrected chi connectivity index (χ1v) is 8.51. The number of pyridine rings is 1. The van der Waals surface area contributed by atoms with Gasteiger partial charge in [-0.25, -0.2) is 4.98 Å². The van der Waals surface area contributed by atoms with Crippen molar-refractivity contribution in [1.82, 2.24) is 19.9 Å². The van der Waals surface area contributed by atoms with Crippen molar-refractivity contribution in [3.63, 3.8) is 0 Å². The third-order valence-corrected chi connectivity index (χ3v) is 4.31. The highest BCUT2D eigenvalue weighted by molar-refractivity contribution is 5.77. The van der Waals surface area contributed by atoms with Gasteiger partial charge in [0.2, 0.25) is 0 Å². The van der Waals surface area contributed by atoms with E-state index in [0.717, 1.165) is 36.2 Å². The van der Waals surface area contributed by atoms with Gasteiger partial charge in [-0.05, 0) is 54.4 Å². The molecule has 0 atom stereocenters. The number of fused-ring (bicyclic) bond motifs is 1. The molecule has 4 heteroatoms. The molecule has 2 aromatic carbocycles. The lowest BCUT2D eigenvalue weighted by Crippen LogP contribution is -2.16. The van der Waals surface area contributed by atoms with E-state index in [1.54, 1.807) is 0 Å². The van der Waals surface area contributed by atoms with Gasteiger partial charge in [-0.15, -0.1) is 0 Å². The van der Waals surface area contributed by atoms with E-state index in [4.69, 9.17) is 0 Å². The van der Waals surface area contributed by atoms with Gasteiger partial charge >= 0.3 is 0 Å². The van der Waals surface area contributed by atoms with E-state index in [1.165, 1.54) is 11.1 Å². The Bertz CT molecular complexity index is 942. The number of hydrogen-bond donors (Lipinski definition) is 1. The molecular formula is C21H20N4. The number of rotatable bonds is 6. The average molecular weight is 328 g/mol. The van der Waals surface area contributed by atoms with Crippen LogP contribution in [0.25, 0.3) is 16.7 Å². The quantitative estimate of drug-likeness (QED) is 0.548. The molecule has 2 aromatic heterocycles. The van der Waals surface area contributed by atoms with Crippen LogP contribution in [0.5, 0.6) is 0 Å². The molecule has 2 heterocycles. The standard InChI is InChI=1S/C21H20N4/c1-2-6-21-20(5-1)24-16-25(21)19-9-7-18(8-10-19)15-23-13-11-17-4-3-12-22-14-17/h1-10,12,14,16,23H,11,13,15H2. The summed E-state index contributed by atoms with van der Waals surface area (Å²) < 4.78 is 2.12. The van der Waals surface area contributed by atoms with Crippen LogP contribution in [0.4, 0.5) is 0 Å². The Morgan fingerprint density at radius 3 is 2.60 bits per heavy atom. The minimum atomic E-state index is 0.866. The first-order chi connectivity index (χ1) is 12.4. The second kappa shape index (κ2) is 7.28. The molecule has 1 N–H and O–H groups in total. The number of nitrogens with one attached hydrogen (secondary N) is 1. The van der Waals surface area contributed by atoms with Crippen molar-refractivity contribution in [1.29, 1.82) is 0 Å². The van der Waals surface area contributed by atoms with E-state index in [1.807, 2.05) is 43.0 Å². The summed E-state index contributed by atoms with van der Waals surface area (Å²) >= 11 is 0. The number of imidazole rings is 1. The Hall–Kier alpha value is -2.98. The predicted molar refractivity (Wildman–Crippen MR) is 101 cm³/mol. The number of benzene rings is 2. The fraction of sp³-hybridized carbons (Fsp3) is 0.143. The molecule has 0 radical (unpaired) electrons. The predicted octanol–water partition coefficient (Wildman–Crippen LogP) is 3.75. The van der Waals surface area contributed by atoms with E-state index in [0.29, 0.717) is 0 Å². The summed E-state index contributed by atoms with van der Waals surface area (Å²) in [5.74, 6) is 0. The fourth-order valence-corrected chi connectivity index (χ4v) is 2.95. The van der Waals surface area contributed by atoms with Gasteiger partial charge in [-0.3, -0.25) is 9.55 Å². The van der Waals surface area contributed by atoms with E-state index in [-0.39, 0.29) is 0 Å². The van der Waals surface area contributed by atoms with Crippen LogP contribution in [0.3, 0.4) is 0 Å². The Morgan fingerprint density at radius 2 is 1.76 bits per heavy atom. The van der Waals surface area contributed by atoms with Crippen LogP contribution in [0.2, 0.25) is 0 Å². The number of aromatic nitrogens is 3. The van der Waals surface area contributed by atoms with Crippen LogP contribution < -0.4 is 5.32 Å². The van der Waals surface area contributed by atoms with Crippen molar-refractivity contribution in [2.24, 2.45) is 0 Å². The van der Waals surface area contributed by atoms with Crippen molar-refractivity contribution in [3.05, 3.63) is 90.5 Å². The van der Waals surface area contributed by atoms with Gasteiger partial charge < -0.3 is 5.32 Å². The normalized spacial score (nSPS) is 11.0. The first-order valence-electron chi connectivity index (χ1n) is 8.51. The van der Waals surface area contributed by atoms with Crippen molar-refractivity contribution in [3.8, 4) is 5.69 Å². The fourth-order valence-electron chi connectivity index (χ4n) is 2.95. The molecule has 25 heavy (non-hydrogen) atoms. The number of hydrogen-bond acceptors (Lipinski definition) is 3. The van der Waals surface area contributed by atoms with Crippen LogP contribution in [0.1, 0.15) is 11.1 Å². The molecular weight excluding hydrogens is 308 g/mol. The maximum absolute atomic E-state index is 4.45. The minimum absolute atomic E-state index is 0.866. The van der Waals surface area contributed by atoms with Crippen molar-refractivity contribution in [2.75, 3.05) is 6.54 Å². The van der Waals surface area contributed by atoms with Gasteiger partial charge in [-0.1, -0.05) is 30.3 Å². The van der Waals surface area contributed by atoms with E-state index in [2.05, 4.69) is 56.3 Å². The highest BCUT2D eigenvalue weighted by Gasteiger charge is 2.03. The Morgan fingerprint density at radius 1 is 0.880 bits per heavy atom. The van der Waals surface area contributed by atoms with Gasteiger partial charge in [0.05, 0.1) is 11.0 Å². The van der Waals surface area contributed by atoms with Gasteiger partial charge in [0.1, 0.15) is 6.33 Å². The monoisotopic (exact) mass is 328 g/mol. The first kappa shape index (κ1) is 15.5. The molecule has 0 bridgehead atoms. The average Bonchev–Trinajstić information content (AvgIpc) is 3.11. The Labute approximate surface area is 147 Å². The van der Waals surface area contributed by atoms with Crippen LogP contribution in [-0.2, 0) is 13.0 Å². The van der Waals surface area contributed by atoms with Gasteiger partial charge in [0.15, 0.2) is 0 Å². The number of nitrogens with zero attached hydrogens (tertiary/aromatic N) is 3.